The zero-order chi connectivity index (χ0) is 7.19. The fourth-order valence-corrected chi connectivity index (χ4v) is 2.10. The molecule has 2 aliphatic heterocycles. The van der Waals surface area contributed by atoms with Crippen molar-refractivity contribution in [3.63, 3.8) is 0 Å². The van der Waals surface area contributed by atoms with Crippen LogP contribution in [-0.4, -0.2) is 48.6 Å². The first-order valence-corrected chi connectivity index (χ1v) is 4.14. The molecule has 2 bridgehead atoms. The smallest absolute Gasteiger partial charge is 0.0318 e. The van der Waals surface area contributed by atoms with Gasteiger partial charge in [-0.05, 0) is 20.4 Å². The van der Waals surface area contributed by atoms with E-state index in [0.29, 0.717) is 5.54 Å². The van der Waals surface area contributed by atoms with Gasteiger partial charge in [-0.25, -0.2) is 0 Å². The molecule has 2 aliphatic rings. The van der Waals surface area contributed by atoms with Crippen LogP contribution in [0, 0.1) is 0 Å². The molecular formula is C8H16N2. The molecular weight excluding hydrogens is 124 g/mol. The highest BCUT2D eigenvalue weighted by molar-refractivity contribution is 4.98. The van der Waals surface area contributed by atoms with E-state index in [9.17, 15) is 0 Å². The molecule has 0 aliphatic carbocycles. The van der Waals surface area contributed by atoms with Crippen LogP contribution in [0.15, 0.2) is 0 Å². The third-order valence-corrected chi connectivity index (χ3v) is 3.20. The number of fused-ring (bicyclic) bond motifs is 2. The van der Waals surface area contributed by atoms with E-state index in [1.54, 1.807) is 0 Å². The third-order valence-electron chi connectivity index (χ3n) is 3.20. The van der Waals surface area contributed by atoms with Gasteiger partial charge in [-0.15, -0.1) is 0 Å². The lowest BCUT2D eigenvalue weighted by Crippen LogP contribution is -2.52. The number of nitrogens with zero attached hydrogens (tertiary/aromatic N) is 2. The molecule has 2 atom stereocenters. The average molecular weight is 140 g/mol. The molecule has 58 valence electrons. The molecule has 0 saturated carbocycles. The highest BCUT2D eigenvalue weighted by atomic mass is 15.3. The maximum absolute atomic E-state index is 2.57. The van der Waals surface area contributed by atoms with Gasteiger partial charge in [0.1, 0.15) is 0 Å². The molecule has 10 heavy (non-hydrogen) atoms. The standard InChI is InChI=1S/C8H16N2/c1-8-3-4-10(7-8)6-5-9(8)2/h3-7H2,1-2H3. The van der Waals surface area contributed by atoms with Gasteiger partial charge < -0.3 is 4.90 Å². The van der Waals surface area contributed by atoms with Crippen LogP contribution in [0.2, 0.25) is 0 Å². The minimum Gasteiger partial charge on any atom is -0.300 e. The van der Waals surface area contributed by atoms with Crippen molar-refractivity contribution in [3.8, 4) is 0 Å². The molecule has 0 N–H and O–H groups in total. The normalized spacial score (nSPS) is 48.0. The molecule has 0 radical (unpaired) electrons. The van der Waals surface area contributed by atoms with E-state index in [1.165, 1.54) is 32.6 Å². The summed E-state index contributed by atoms with van der Waals surface area (Å²) in [6.45, 7) is 7.54. The van der Waals surface area contributed by atoms with Crippen LogP contribution < -0.4 is 0 Å². The van der Waals surface area contributed by atoms with E-state index in [0.717, 1.165) is 0 Å². The molecule has 2 saturated heterocycles. The molecule has 0 amide bonds. The molecule has 2 heteroatoms. The minimum atomic E-state index is 0.512. The Kier molecular flexibility index (Phi) is 1.29. The summed E-state index contributed by atoms with van der Waals surface area (Å²) in [5, 5.41) is 0. The Bertz CT molecular complexity index is 144. The van der Waals surface area contributed by atoms with Gasteiger partial charge in [0.15, 0.2) is 0 Å². The van der Waals surface area contributed by atoms with E-state index < -0.39 is 0 Å². The predicted octanol–water partition coefficient (Wildman–Crippen LogP) is 0.396. The van der Waals surface area contributed by atoms with E-state index in [2.05, 4.69) is 23.8 Å². The number of hydrogen-bond donors (Lipinski definition) is 0. The van der Waals surface area contributed by atoms with E-state index in [1.807, 2.05) is 0 Å². The third kappa shape index (κ3) is 0.789. The SMILES string of the molecule is CN1CCN2CCC1(C)C2. The Labute approximate surface area is 62.8 Å². The highest BCUT2D eigenvalue weighted by Gasteiger charge is 2.40. The molecule has 2 nitrogen and oxygen atoms in total. The number of hydrogen-bond acceptors (Lipinski definition) is 2. The number of rotatable bonds is 0. The largest absolute Gasteiger partial charge is 0.300 e. The Balaban J connectivity index is 2.17. The molecule has 0 spiro atoms. The van der Waals surface area contributed by atoms with Crippen LogP contribution >= 0.6 is 0 Å². The second-order valence-corrected chi connectivity index (χ2v) is 3.94. The second kappa shape index (κ2) is 1.95. The van der Waals surface area contributed by atoms with Gasteiger partial charge in [0.2, 0.25) is 0 Å². The quantitative estimate of drug-likeness (QED) is 0.480. The summed E-state index contributed by atoms with van der Waals surface area (Å²) in [5.41, 5.74) is 0.512. The Morgan fingerprint density at radius 3 is 2.70 bits per heavy atom. The fourth-order valence-electron chi connectivity index (χ4n) is 2.10. The van der Waals surface area contributed by atoms with E-state index in [4.69, 9.17) is 0 Å². The molecule has 0 aromatic heterocycles. The maximum atomic E-state index is 2.57. The lowest BCUT2D eigenvalue weighted by molar-refractivity contribution is 0.0917. The second-order valence-electron chi connectivity index (χ2n) is 3.94. The summed E-state index contributed by atoms with van der Waals surface area (Å²) in [7, 11) is 2.25. The molecule has 2 fully saturated rings. The van der Waals surface area contributed by atoms with E-state index in [-0.39, 0.29) is 0 Å². The Morgan fingerprint density at radius 2 is 2.00 bits per heavy atom. The van der Waals surface area contributed by atoms with Crippen molar-refractivity contribution in [1.82, 2.24) is 9.80 Å². The molecule has 2 rings (SSSR count). The van der Waals surface area contributed by atoms with Crippen molar-refractivity contribution in [2.75, 3.05) is 33.2 Å². The monoisotopic (exact) mass is 140 g/mol. The average Bonchev–Trinajstić information content (AvgIpc) is 2.22. The zero-order valence-corrected chi connectivity index (χ0v) is 6.93. The topological polar surface area (TPSA) is 6.48 Å². The van der Waals surface area contributed by atoms with Crippen LogP contribution in [0.1, 0.15) is 13.3 Å². The summed E-state index contributed by atoms with van der Waals surface area (Å²) in [4.78, 5) is 5.08. The zero-order valence-electron chi connectivity index (χ0n) is 6.93. The van der Waals surface area contributed by atoms with Crippen molar-refractivity contribution < 1.29 is 0 Å². The summed E-state index contributed by atoms with van der Waals surface area (Å²) in [6, 6.07) is 0. The minimum absolute atomic E-state index is 0.512. The summed E-state index contributed by atoms with van der Waals surface area (Å²) < 4.78 is 0. The molecule has 2 unspecified atom stereocenters. The molecule has 0 aromatic rings. The first kappa shape index (κ1) is 6.62. The number of likely N-dealkylation sites (N-methyl/N-ethyl adjacent to an activating group) is 1. The van der Waals surface area contributed by atoms with Gasteiger partial charge in [0.25, 0.3) is 0 Å². The fraction of sp³-hybridized carbons (Fsp3) is 1.00. The van der Waals surface area contributed by atoms with Gasteiger partial charge in [-0.2, -0.15) is 0 Å². The number of piperazine rings is 1. The predicted molar refractivity (Wildman–Crippen MR) is 42.1 cm³/mol. The summed E-state index contributed by atoms with van der Waals surface area (Å²) in [5.74, 6) is 0. The van der Waals surface area contributed by atoms with Gasteiger partial charge in [-0.1, -0.05) is 0 Å². The van der Waals surface area contributed by atoms with Crippen molar-refractivity contribution in [2.45, 2.75) is 18.9 Å². The molecule has 0 aromatic carbocycles. The van der Waals surface area contributed by atoms with Crippen LogP contribution in [0.3, 0.4) is 0 Å². The Morgan fingerprint density at radius 1 is 1.20 bits per heavy atom. The van der Waals surface area contributed by atoms with Crippen molar-refractivity contribution in [3.05, 3.63) is 0 Å². The van der Waals surface area contributed by atoms with Gasteiger partial charge in [0.05, 0.1) is 0 Å². The highest BCUT2D eigenvalue weighted by Crippen LogP contribution is 2.29. The first-order valence-electron chi connectivity index (χ1n) is 4.14. The van der Waals surface area contributed by atoms with Crippen molar-refractivity contribution in [2.24, 2.45) is 0 Å². The molecule has 2 heterocycles. The maximum Gasteiger partial charge on any atom is 0.0318 e. The summed E-state index contributed by atoms with van der Waals surface area (Å²) in [6.07, 6.45) is 1.36. The van der Waals surface area contributed by atoms with Crippen molar-refractivity contribution >= 4 is 0 Å². The van der Waals surface area contributed by atoms with Crippen molar-refractivity contribution in [1.29, 1.82) is 0 Å². The van der Waals surface area contributed by atoms with Gasteiger partial charge >= 0.3 is 0 Å². The Hall–Kier alpha value is -0.0800. The van der Waals surface area contributed by atoms with Crippen LogP contribution in [0.4, 0.5) is 0 Å². The summed E-state index contributed by atoms with van der Waals surface area (Å²) >= 11 is 0. The first-order chi connectivity index (χ1) is 4.71. The lowest BCUT2D eigenvalue weighted by Gasteiger charge is -2.39. The van der Waals surface area contributed by atoms with Crippen LogP contribution in [0.25, 0.3) is 0 Å². The van der Waals surface area contributed by atoms with Gasteiger partial charge in [-0.3, -0.25) is 4.90 Å². The van der Waals surface area contributed by atoms with Crippen LogP contribution in [0.5, 0.6) is 0 Å². The lowest BCUT2D eigenvalue weighted by atomic mass is 9.99. The van der Waals surface area contributed by atoms with Crippen LogP contribution in [-0.2, 0) is 0 Å². The van der Waals surface area contributed by atoms with E-state index >= 15 is 0 Å². The van der Waals surface area contributed by atoms with Gasteiger partial charge in [0, 0.05) is 31.7 Å².